The van der Waals surface area contributed by atoms with E-state index in [2.05, 4.69) is 53.8 Å². The lowest BCUT2D eigenvalue weighted by Crippen LogP contribution is -2.19. The summed E-state index contributed by atoms with van der Waals surface area (Å²) in [6.45, 7) is 0. The quantitative estimate of drug-likeness (QED) is 0.774. The van der Waals surface area contributed by atoms with E-state index in [-0.39, 0.29) is 0 Å². The molecule has 0 radical (unpaired) electrons. The molecule has 0 fully saturated rings. The Morgan fingerprint density at radius 3 is 2.45 bits per heavy atom. The number of hydrogen-bond acceptors (Lipinski definition) is 2. The van der Waals surface area contributed by atoms with Crippen LogP contribution >= 0.6 is 0 Å². The van der Waals surface area contributed by atoms with Crippen LogP contribution in [0.5, 0.6) is 0 Å². The molecule has 0 spiro atoms. The number of nitrogens with one attached hydrogen (secondary N) is 1. The van der Waals surface area contributed by atoms with Crippen molar-refractivity contribution in [3.05, 3.63) is 78.0 Å². The molecule has 1 heterocycles. The fourth-order valence-corrected chi connectivity index (χ4v) is 2.50. The second-order valence-electron chi connectivity index (χ2n) is 4.95. The highest BCUT2D eigenvalue weighted by molar-refractivity contribution is 5.78. The van der Waals surface area contributed by atoms with Crippen LogP contribution in [0.25, 0.3) is 10.9 Å². The van der Waals surface area contributed by atoms with Gasteiger partial charge in [-0.25, -0.2) is 0 Å². The smallest absolute Gasteiger partial charge is 0.0705 e. The SMILES string of the molecule is CNC(Cc1ccc2ccccc2n1)c1ccccc1. The first-order chi connectivity index (χ1) is 9.86. The normalized spacial score (nSPS) is 12.4. The average molecular weight is 262 g/mol. The maximum absolute atomic E-state index is 4.75. The molecule has 0 saturated carbocycles. The van der Waals surface area contributed by atoms with Gasteiger partial charge >= 0.3 is 0 Å². The minimum absolute atomic E-state index is 0.296. The van der Waals surface area contributed by atoms with Gasteiger partial charge in [0, 0.05) is 23.5 Å². The lowest BCUT2D eigenvalue weighted by molar-refractivity contribution is 0.585. The summed E-state index contributed by atoms with van der Waals surface area (Å²) in [7, 11) is 2.00. The summed E-state index contributed by atoms with van der Waals surface area (Å²) in [5.41, 5.74) is 3.48. The highest BCUT2D eigenvalue weighted by Gasteiger charge is 2.10. The molecule has 3 rings (SSSR count). The van der Waals surface area contributed by atoms with Gasteiger partial charge in [0.1, 0.15) is 0 Å². The number of likely N-dealkylation sites (N-methyl/N-ethyl adjacent to an activating group) is 1. The van der Waals surface area contributed by atoms with E-state index in [1.165, 1.54) is 10.9 Å². The third-order valence-corrected chi connectivity index (χ3v) is 3.62. The monoisotopic (exact) mass is 262 g/mol. The molecule has 0 aliphatic heterocycles. The molecule has 100 valence electrons. The number of pyridine rings is 1. The summed E-state index contributed by atoms with van der Waals surface area (Å²) in [5.74, 6) is 0. The molecule has 0 aliphatic carbocycles. The predicted molar refractivity (Wildman–Crippen MR) is 83.7 cm³/mol. The zero-order chi connectivity index (χ0) is 13.8. The van der Waals surface area contributed by atoms with Crippen molar-refractivity contribution in [3.63, 3.8) is 0 Å². The van der Waals surface area contributed by atoms with Crippen LogP contribution < -0.4 is 5.32 Å². The van der Waals surface area contributed by atoms with Crippen molar-refractivity contribution in [1.82, 2.24) is 10.3 Å². The minimum Gasteiger partial charge on any atom is -0.313 e. The molecular formula is C18H18N2. The zero-order valence-corrected chi connectivity index (χ0v) is 11.6. The second-order valence-corrected chi connectivity index (χ2v) is 4.95. The second kappa shape index (κ2) is 5.85. The van der Waals surface area contributed by atoms with Gasteiger partial charge in [0.2, 0.25) is 0 Å². The van der Waals surface area contributed by atoms with Crippen LogP contribution in [0.3, 0.4) is 0 Å². The summed E-state index contributed by atoms with van der Waals surface area (Å²) in [6.07, 6.45) is 0.894. The Labute approximate surface area is 119 Å². The van der Waals surface area contributed by atoms with Crippen molar-refractivity contribution in [3.8, 4) is 0 Å². The van der Waals surface area contributed by atoms with E-state index in [1.54, 1.807) is 0 Å². The van der Waals surface area contributed by atoms with Gasteiger partial charge in [0.15, 0.2) is 0 Å². The maximum atomic E-state index is 4.75. The summed E-state index contributed by atoms with van der Waals surface area (Å²) in [5, 5.41) is 4.57. The Balaban J connectivity index is 1.87. The highest BCUT2D eigenvalue weighted by atomic mass is 14.9. The number of rotatable bonds is 4. The van der Waals surface area contributed by atoms with Gasteiger partial charge in [0.05, 0.1) is 5.52 Å². The predicted octanol–water partition coefficient (Wildman–Crippen LogP) is 3.74. The van der Waals surface area contributed by atoms with Crippen molar-refractivity contribution >= 4 is 10.9 Å². The van der Waals surface area contributed by atoms with Gasteiger partial charge in [-0.05, 0) is 24.7 Å². The molecule has 2 aromatic carbocycles. The fraction of sp³-hybridized carbons (Fsp3) is 0.167. The lowest BCUT2D eigenvalue weighted by atomic mass is 10.0. The summed E-state index contributed by atoms with van der Waals surface area (Å²) in [6, 6.07) is 23.3. The average Bonchev–Trinajstić information content (AvgIpc) is 2.53. The maximum Gasteiger partial charge on any atom is 0.0705 e. The van der Waals surface area contributed by atoms with E-state index >= 15 is 0 Å². The Bertz CT molecular complexity index is 692. The summed E-state index contributed by atoms with van der Waals surface area (Å²) in [4.78, 5) is 4.75. The van der Waals surface area contributed by atoms with E-state index in [1.807, 2.05) is 25.2 Å². The molecule has 1 N–H and O–H groups in total. The molecule has 2 heteroatoms. The van der Waals surface area contributed by atoms with Crippen LogP contribution in [0.15, 0.2) is 66.7 Å². The molecule has 0 saturated heterocycles. The van der Waals surface area contributed by atoms with Gasteiger partial charge in [-0.3, -0.25) is 4.98 Å². The first-order valence-corrected chi connectivity index (χ1v) is 6.94. The van der Waals surface area contributed by atoms with E-state index in [0.717, 1.165) is 17.6 Å². The van der Waals surface area contributed by atoms with Crippen LogP contribution in [0.1, 0.15) is 17.3 Å². The van der Waals surface area contributed by atoms with E-state index < -0.39 is 0 Å². The van der Waals surface area contributed by atoms with E-state index in [0.29, 0.717) is 6.04 Å². The Morgan fingerprint density at radius 1 is 0.900 bits per heavy atom. The number of para-hydroxylation sites is 1. The molecule has 1 unspecified atom stereocenters. The lowest BCUT2D eigenvalue weighted by Gasteiger charge is -2.16. The molecule has 2 nitrogen and oxygen atoms in total. The molecule has 20 heavy (non-hydrogen) atoms. The van der Waals surface area contributed by atoms with E-state index in [9.17, 15) is 0 Å². The Hall–Kier alpha value is -2.19. The van der Waals surface area contributed by atoms with Crippen LogP contribution in [0.2, 0.25) is 0 Å². The summed E-state index contributed by atoms with van der Waals surface area (Å²) < 4.78 is 0. The Kier molecular flexibility index (Phi) is 3.75. The summed E-state index contributed by atoms with van der Waals surface area (Å²) >= 11 is 0. The largest absolute Gasteiger partial charge is 0.313 e. The number of benzene rings is 2. The number of nitrogens with zero attached hydrogens (tertiary/aromatic N) is 1. The zero-order valence-electron chi connectivity index (χ0n) is 11.6. The van der Waals surface area contributed by atoms with E-state index in [4.69, 9.17) is 4.98 Å². The molecule has 1 atom stereocenters. The van der Waals surface area contributed by atoms with Crippen LogP contribution in [0.4, 0.5) is 0 Å². The van der Waals surface area contributed by atoms with Gasteiger partial charge in [-0.1, -0.05) is 54.6 Å². The van der Waals surface area contributed by atoms with Crippen molar-refractivity contribution in [1.29, 1.82) is 0 Å². The van der Waals surface area contributed by atoms with Crippen molar-refractivity contribution in [2.75, 3.05) is 7.05 Å². The van der Waals surface area contributed by atoms with Gasteiger partial charge < -0.3 is 5.32 Å². The molecular weight excluding hydrogens is 244 g/mol. The van der Waals surface area contributed by atoms with Crippen molar-refractivity contribution in [2.45, 2.75) is 12.5 Å². The molecule has 3 aromatic rings. The van der Waals surface area contributed by atoms with Crippen LogP contribution in [-0.4, -0.2) is 12.0 Å². The van der Waals surface area contributed by atoms with Crippen molar-refractivity contribution in [2.24, 2.45) is 0 Å². The van der Waals surface area contributed by atoms with Crippen LogP contribution in [-0.2, 0) is 6.42 Å². The molecule has 0 bridgehead atoms. The van der Waals surface area contributed by atoms with Crippen LogP contribution in [0, 0.1) is 0 Å². The molecule has 1 aromatic heterocycles. The molecule has 0 aliphatic rings. The Morgan fingerprint density at radius 2 is 1.65 bits per heavy atom. The fourth-order valence-electron chi connectivity index (χ4n) is 2.50. The van der Waals surface area contributed by atoms with Gasteiger partial charge in [-0.15, -0.1) is 0 Å². The molecule has 0 amide bonds. The standard InChI is InChI=1S/C18H18N2/c1-19-18(14-7-3-2-4-8-14)13-16-12-11-15-9-5-6-10-17(15)20-16/h2-12,18-19H,13H2,1H3. The van der Waals surface area contributed by atoms with Gasteiger partial charge in [0.25, 0.3) is 0 Å². The topological polar surface area (TPSA) is 24.9 Å². The first-order valence-electron chi connectivity index (χ1n) is 6.94. The first kappa shape index (κ1) is 12.8. The number of aromatic nitrogens is 1. The van der Waals surface area contributed by atoms with Crippen molar-refractivity contribution < 1.29 is 0 Å². The number of hydrogen-bond donors (Lipinski definition) is 1. The third kappa shape index (κ3) is 2.70. The third-order valence-electron chi connectivity index (χ3n) is 3.62. The van der Waals surface area contributed by atoms with Gasteiger partial charge in [-0.2, -0.15) is 0 Å². The number of fused-ring (bicyclic) bond motifs is 1. The highest BCUT2D eigenvalue weighted by Crippen LogP contribution is 2.19. The minimum atomic E-state index is 0.296.